The summed E-state index contributed by atoms with van der Waals surface area (Å²) in [4.78, 5) is 39.9. The Morgan fingerprint density at radius 3 is 2.39 bits per heavy atom. The molecule has 0 bridgehead atoms. The molecule has 0 radical (unpaired) electrons. The predicted molar refractivity (Wildman–Crippen MR) is 104 cm³/mol. The summed E-state index contributed by atoms with van der Waals surface area (Å²) in [6.45, 7) is 5.42. The van der Waals surface area contributed by atoms with Crippen molar-refractivity contribution < 1.29 is 24.2 Å². The van der Waals surface area contributed by atoms with E-state index < -0.39 is 23.7 Å². The molecule has 28 heavy (non-hydrogen) atoms. The molecular formula is C21H24N2O5. The van der Waals surface area contributed by atoms with E-state index in [1.165, 1.54) is 9.80 Å². The molecule has 0 saturated carbocycles. The molecule has 1 unspecified atom stereocenters. The summed E-state index contributed by atoms with van der Waals surface area (Å²) in [5, 5.41) is 11.4. The molecule has 7 heteroatoms. The molecule has 1 heterocycles. The van der Waals surface area contributed by atoms with Crippen molar-refractivity contribution in [2.75, 3.05) is 19.6 Å². The number of carboxylic acid groups (broad SMARTS) is 1. The molecule has 2 amide bonds. The Morgan fingerprint density at radius 2 is 1.71 bits per heavy atom. The normalized spacial score (nSPS) is 17.5. The lowest BCUT2D eigenvalue weighted by Gasteiger charge is -2.39. The maximum atomic E-state index is 13.1. The predicted octanol–water partition coefficient (Wildman–Crippen LogP) is 2.99. The lowest BCUT2D eigenvalue weighted by molar-refractivity contribution is -0.145. The van der Waals surface area contributed by atoms with E-state index in [2.05, 4.69) is 0 Å². The first-order valence-electron chi connectivity index (χ1n) is 9.17. The van der Waals surface area contributed by atoms with E-state index in [0.29, 0.717) is 5.56 Å². The van der Waals surface area contributed by atoms with Gasteiger partial charge in [0.25, 0.3) is 5.91 Å². The van der Waals surface area contributed by atoms with Crippen molar-refractivity contribution in [3.8, 4) is 0 Å². The van der Waals surface area contributed by atoms with Crippen LogP contribution in [-0.4, -0.2) is 64.2 Å². The quantitative estimate of drug-likeness (QED) is 0.860. The van der Waals surface area contributed by atoms with Gasteiger partial charge in [0.05, 0.1) is 6.54 Å². The molecule has 3 rings (SSSR count). The third-order valence-electron chi connectivity index (χ3n) is 4.60. The fourth-order valence-corrected chi connectivity index (χ4v) is 3.30. The van der Waals surface area contributed by atoms with Crippen molar-refractivity contribution in [3.63, 3.8) is 0 Å². The molecule has 0 spiro atoms. The number of ether oxygens (including phenoxy) is 1. The smallest absolute Gasteiger partial charge is 0.411 e. The average molecular weight is 384 g/mol. The number of rotatable bonds is 2. The van der Waals surface area contributed by atoms with Crippen molar-refractivity contribution in [1.82, 2.24) is 9.80 Å². The summed E-state index contributed by atoms with van der Waals surface area (Å²) in [6.07, 6.45) is -0.683. The van der Waals surface area contributed by atoms with Crippen LogP contribution in [0, 0.1) is 0 Å². The Bertz CT molecular complexity index is 913. The highest BCUT2D eigenvalue weighted by atomic mass is 16.6. The van der Waals surface area contributed by atoms with E-state index in [1.54, 1.807) is 32.9 Å². The lowest BCUT2D eigenvalue weighted by Crippen LogP contribution is -2.60. The number of hydrogen-bond donors (Lipinski definition) is 1. The van der Waals surface area contributed by atoms with Crippen LogP contribution in [0.4, 0.5) is 4.79 Å². The summed E-state index contributed by atoms with van der Waals surface area (Å²) < 4.78 is 5.32. The molecule has 1 aliphatic heterocycles. The number of hydrogen-bond acceptors (Lipinski definition) is 4. The molecule has 148 valence electrons. The number of aliphatic carboxylic acids is 1. The maximum Gasteiger partial charge on any atom is 0.411 e. The molecule has 7 nitrogen and oxygen atoms in total. The Kier molecular flexibility index (Phi) is 5.27. The van der Waals surface area contributed by atoms with Crippen LogP contribution in [0.3, 0.4) is 0 Å². The van der Waals surface area contributed by atoms with E-state index >= 15 is 0 Å². The van der Waals surface area contributed by atoms with E-state index in [9.17, 15) is 19.5 Å². The Morgan fingerprint density at radius 1 is 1.04 bits per heavy atom. The summed E-state index contributed by atoms with van der Waals surface area (Å²) in [6, 6.07) is 11.9. The molecule has 2 aromatic rings. The summed E-state index contributed by atoms with van der Waals surface area (Å²) >= 11 is 0. The number of carbonyl (C=O) groups excluding carboxylic acids is 2. The van der Waals surface area contributed by atoms with Gasteiger partial charge in [0.15, 0.2) is 6.04 Å². The van der Waals surface area contributed by atoms with Crippen LogP contribution >= 0.6 is 0 Å². The first-order valence-corrected chi connectivity index (χ1v) is 9.17. The summed E-state index contributed by atoms with van der Waals surface area (Å²) in [5.74, 6) is -1.41. The van der Waals surface area contributed by atoms with Gasteiger partial charge in [-0.1, -0.05) is 36.4 Å². The van der Waals surface area contributed by atoms with Gasteiger partial charge in [0.1, 0.15) is 5.60 Å². The van der Waals surface area contributed by atoms with E-state index in [-0.39, 0.29) is 25.5 Å². The van der Waals surface area contributed by atoms with E-state index in [4.69, 9.17) is 4.74 Å². The summed E-state index contributed by atoms with van der Waals surface area (Å²) in [7, 11) is 0. The van der Waals surface area contributed by atoms with Crippen molar-refractivity contribution >= 4 is 28.7 Å². The van der Waals surface area contributed by atoms with Gasteiger partial charge in [-0.05, 0) is 37.6 Å². The van der Waals surface area contributed by atoms with E-state index in [1.807, 2.05) is 30.3 Å². The highest BCUT2D eigenvalue weighted by molar-refractivity contribution is 6.07. The van der Waals surface area contributed by atoms with Crippen LogP contribution < -0.4 is 0 Å². The Balaban J connectivity index is 1.83. The standard InChI is InChI=1S/C21H24N2O5/c1-21(2,3)28-20(27)23-12-11-22(13-17(23)19(25)26)18(24)16-10-6-8-14-7-4-5-9-15(14)16/h4-10,17H,11-13H2,1-3H3,(H,25,26). The molecule has 1 aliphatic rings. The third kappa shape index (κ3) is 4.08. The van der Waals surface area contributed by atoms with Gasteiger partial charge in [0, 0.05) is 18.7 Å². The number of fused-ring (bicyclic) bond motifs is 1. The fraction of sp³-hybridized carbons (Fsp3) is 0.381. The molecule has 2 aromatic carbocycles. The van der Waals surface area contributed by atoms with Gasteiger partial charge in [0.2, 0.25) is 0 Å². The maximum absolute atomic E-state index is 13.1. The van der Waals surface area contributed by atoms with Gasteiger partial charge in [-0.15, -0.1) is 0 Å². The van der Waals surface area contributed by atoms with Crippen molar-refractivity contribution in [3.05, 3.63) is 48.0 Å². The zero-order chi connectivity index (χ0) is 20.5. The van der Waals surface area contributed by atoms with Crippen LogP contribution in [0.5, 0.6) is 0 Å². The number of carboxylic acids is 1. The first kappa shape index (κ1) is 19.7. The first-order chi connectivity index (χ1) is 13.2. The minimum absolute atomic E-state index is 0.0867. The number of nitrogens with zero attached hydrogens (tertiary/aromatic N) is 2. The molecule has 1 N–H and O–H groups in total. The molecule has 1 atom stereocenters. The number of piperazine rings is 1. The van der Waals surface area contributed by atoms with Gasteiger partial charge < -0.3 is 14.7 Å². The monoisotopic (exact) mass is 384 g/mol. The zero-order valence-electron chi connectivity index (χ0n) is 16.2. The van der Waals surface area contributed by atoms with Crippen molar-refractivity contribution in [1.29, 1.82) is 0 Å². The Labute approximate surface area is 163 Å². The molecular weight excluding hydrogens is 360 g/mol. The van der Waals surface area contributed by atoms with Crippen LogP contribution in [0.15, 0.2) is 42.5 Å². The minimum atomic E-state index is -1.17. The van der Waals surface area contributed by atoms with Crippen LogP contribution in [0.1, 0.15) is 31.1 Å². The van der Waals surface area contributed by atoms with Crippen molar-refractivity contribution in [2.45, 2.75) is 32.4 Å². The van der Waals surface area contributed by atoms with Gasteiger partial charge >= 0.3 is 12.1 Å². The molecule has 0 aromatic heterocycles. The minimum Gasteiger partial charge on any atom is -0.480 e. The SMILES string of the molecule is CC(C)(C)OC(=O)N1CCN(C(=O)c2cccc3ccccc23)CC1C(=O)O. The van der Waals surface area contributed by atoms with Crippen LogP contribution in [0.25, 0.3) is 10.8 Å². The third-order valence-corrected chi connectivity index (χ3v) is 4.60. The topological polar surface area (TPSA) is 87.2 Å². The highest BCUT2D eigenvalue weighted by Gasteiger charge is 2.39. The largest absolute Gasteiger partial charge is 0.480 e. The van der Waals surface area contributed by atoms with Gasteiger partial charge in [-0.25, -0.2) is 9.59 Å². The second-order valence-electron chi connectivity index (χ2n) is 7.81. The second-order valence-corrected chi connectivity index (χ2v) is 7.81. The van der Waals surface area contributed by atoms with E-state index in [0.717, 1.165) is 10.8 Å². The number of carbonyl (C=O) groups is 3. The van der Waals surface area contributed by atoms with Gasteiger partial charge in [-0.2, -0.15) is 0 Å². The second kappa shape index (κ2) is 7.50. The molecule has 1 fully saturated rings. The van der Waals surface area contributed by atoms with Gasteiger partial charge in [-0.3, -0.25) is 9.69 Å². The van der Waals surface area contributed by atoms with Crippen LogP contribution in [-0.2, 0) is 9.53 Å². The summed E-state index contributed by atoms with van der Waals surface area (Å²) in [5.41, 5.74) is -0.205. The number of benzene rings is 2. The fourth-order valence-electron chi connectivity index (χ4n) is 3.30. The van der Waals surface area contributed by atoms with Crippen molar-refractivity contribution in [2.24, 2.45) is 0 Å². The van der Waals surface area contributed by atoms with Crippen LogP contribution in [0.2, 0.25) is 0 Å². The Hall–Kier alpha value is -3.09. The molecule has 1 saturated heterocycles. The zero-order valence-corrected chi connectivity index (χ0v) is 16.2. The average Bonchev–Trinajstić information content (AvgIpc) is 2.65. The molecule has 0 aliphatic carbocycles. The highest BCUT2D eigenvalue weighted by Crippen LogP contribution is 2.22. The number of amides is 2. The lowest BCUT2D eigenvalue weighted by atomic mass is 10.0.